The molecule has 0 aromatic heterocycles. The van der Waals surface area contributed by atoms with Crippen LogP contribution in [-0.4, -0.2) is 23.9 Å². The summed E-state index contributed by atoms with van der Waals surface area (Å²) in [5.41, 5.74) is 5.39. The molecular formula is C19H23NO. The maximum absolute atomic E-state index is 12.2. The molecule has 3 rings (SSSR count). The number of piperidine rings is 1. The average Bonchev–Trinajstić information content (AvgIpc) is 2.55. The predicted octanol–water partition coefficient (Wildman–Crippen LogP) is 3.98. The smallest absolute Gasteiger partial charge is 0.246 e. The second-order valence-corrected chi connectivity index (χ2v) is 6.03. The highest BCUT2D eigenvalue weighted by molar-refractivity contribution is 5.89. The van der Waals surface area contributed by atoms with Gasteiger partial charge in [-0.15, -0.1) is 0 Å². The molecule has 1 aromatic carbocycles. The van der Waals surface area contributed by atoms with Crippen molar-refractivity contribution in [1.82, 2.24) is 4.90 Å². The molecule has 2 nitrogen and oxygen atoms in total. The SMILES string of the molecule is CC1=C(C=CC(=O)N2CCCCC2)CCc2ccccc21. The second-order valence-electron chi connectivity index (χ2n) is 6.03. The van der Waals surface area contributed by atoms with Crippen LogP contribution in [0.1, 0.15) is 43.7 Å². The maximum Gasteiger partial charge on any atom is 0.246 e. The maximum atomic E-state index is 12.2. The van der Waals surface area contributed by atoms with Gasteiger partial charge in [-0.3, -0.25) is 4.79 Å². The fraction of sp³-hybridized carbons (Fsp3) is 0.421. The van der Waals surface area contributed by atoms with Crippen LogP contribution in [0.3, 0.4) is 0 Å². The molecule has 110 valence electrons. The third-order valence-electron chi connectivity index (χ3n) is 4.66. The van der Waals surface area contributed by atoms with Crippen LogP contribution in [0, 0.1) is 0 Å². The Morgan fingerprint density at radius 3 is 2.67 bits per heavy atom. The van der Waals surface area contributed by atoms with E-state index in [2.05, 4.69) is 31.2 Å². The highest BCUT2D eigenvalue weighted by Crippen LogP contribution is 2.31. The number of fused-ring (bicyclic) bond motifs is 1. The standard InChI is InChI=1S/C19H23NO/c1-15-16(9-10-17-7-3-4-8-18(15)17)11-12-19(21)20-13-5-2-6-14-20/h3-4,7-8,11-12H,2,5-6,9-10,13-14H2,1H3. The van der Waals surface area contributed by atoms with Crippen molar-refractivity contribution >= 4 is 11.5 Å². The number of benzene rings is 1. The van der Waals surface area contributed by atoms with Crippen molar-refractivity contribution in [2.24, 2.45) is 0 Å². The molecule has 1 aromatic rings. The Kier molecular flexibility index (Phi) is 4.23. The minimum atomic E-state index is 0.175. The fourth-order valence-corrected chi connectivity index (χ4v) is 3.33. The molecule has 0 saturated carbocycles. The van der Waals surface area contributed by atoms with Crippen molar-refractivity contribution in [3.05, 3.63) is 53.1 Å². The van der Waals surface area contributed by atoms with Gasteiger partial charge in [0.2, 0.25) is 5.91 Å². The zero-order chi connectivity index (χ0) is 14.7. The molecule has 1 saturated heterocycles. The van der Waals surface area contributed by atoms with Crippen molar-refractivity contribution in [2.75, 3.05) is 13.1 Å². The van der Waals surface area contributed by atoms with Gasteiger partial charge < -0.3 is 4.90 Å². The molecule has 2 aliphatic rings. The van der Waals surface area contributed by atoms with Gasteiger partial charge in [-0.05, 0) is 61.3 Å². The number of rotatable bonds is 2. The monoisotopic (exact) mass is 281 g/mol. The van der Waals surface area contributed by atoms with E-state index in [1.54, 1.807) is 6.08 Å². The molecule has 0 bridgehead atoms. The van der Waals surface area contributed by atoms with Crippen LogP contribution in [-0.2, 0) is 11.2 Å². The Labute approximate surface area is 127 Å². The van der Waals surface area contributed by atoms with Crippen molar-refractivity contribution in [1.29, 1.82) is 0 Å². The van der Waals surface area contributed by atoms with E-state index >= 15 is 0 Å². The minimum absolute atomic E-state index is 0.175. The van der Waals surface area contributed by atoms with E-state index in [0.29, 0.717) is 0 Å². The molecule has 1 fully saturated rings. The summed E-state index contributed by atoms with van der Waals surface area (Å²) in [6.45, 7) is 4.01. The van der Waals surface area contributed by atoms with Crippen molar-refractivity contribution in [2.45, 2.75) is 39.0 Å². The molecule has 1 heterocycles. The van der Waals surface area contributed by atoms with E-state index in [-0.39, 0.29) is 5.91 Å². The number of hydrogen-bond donors (Lipinski definition) is 0. The van der Waals surface area contributed by atoms with Gasteiger partial charge in [0.15, 0.2) is 0 Å². The lowest BCUT2D eigenvalue weighted by molar-refractivity contribution is -0.126. The van der Waals surface area contributed by atoms with Gasteiger partial charge in [-0.1, -0.05) is 30.3 Å². The Bertz CT molecular complexity index is 591. The summed E-state index contributed by atoms with van der Waals surface area (Å²) >= 11 is 0. The summed E-state index contributed by atoms with van der Waals surface area (Å²) < 4.78 is 0. The van der Waals surface area contributed by atoms with Crippen molar-refractivity contribution in [3.63, 3.8) is 0 Å². The number of hydrogen-bond acceptors (Lipinski definition) is 1. The third-order valence-corrected chi connectivity index (χ3v) is 4.66. The van der Waals surface area contributed by atoms with Gasteiger partial charge in [0.05, 0.1) is 0 Å². The van der Waals surface area contributed by atoms with Gasteiger partial charge in [-0.2, -0.15) is 0 Å². The number of allylic oxidation sites excluding steroid dienone is 3. The molecule has 1 aliphatic carbocycles. The summed E-state index contributed by atoms with van der Waals surface area (Å²) in [7, 11) is 0. The average molecular weight is 281 g/mol. The topological polar surface area (TPSA) is 20.3 Å². The fourth-order valence-electron chi connectivity index (χ4n) is 3.33. The van der Waals surface area contributed by atoms with E-state index in [1.807, 2.05) is 11.0 Å². The van der Waals surface area contributed by atoms with Crippen LogP contribution in [0.25, 0.3) is 5.57 Å². The summed E-state index contributed by atoms with van der Waals surface area (Å²) in [6.07, 6.45) is 9.48. The third kappa shape index (κ3) is 3.10. The van der Waals surface area contributed by atoms with E-state index < -0.39 is 0 Å². The lowest BCUT2D eigenvalue weighted by Gasteiger charge is -2.25. The number of amides is 1. The number of nitrogens with zero attached hydrogens (tertiary/aromatic N) is 1. The number of carbonyl (C=O) groups is 1. The number of aryl methyl sites for hydroxylation is 1. The second kappa shape index (κ2) is 6.30. The summed E-state index contributed by atoms with van der Waals surface area (Å²) in [5, 5.41) is 0. The van der Waals surface area contributed by atoms with Gasteiger partial charge in [0.1, 0.15) is 0 Å². The lowest BCUT2D eigenvalue weighted by atomic mass is 9.86. The first-order valence-electron chi connectivity index (χ1n) is 8.01. The van der Waals surface area contributed by atoms with E-state index in [4.69, 9.17) is 0 Å². The van der Waals surface area contributed by atoms with Crippen LogP contribution < -0.4 is 0 Å². The largest absolute Gasteiger partial charge is 0.339 e. The first-order valence-corrected chi connectivity index (χ1v) is 8.01. The Balaban J connectivity index is 1.75. The summed E-state index contributed by atoms with van der Waals surface area (Å²) in [5.74, 6) is 0.175. The Morgan fingerprint density at radius 1 is 1.10 bits per heavy atom. The van der Waals surface area contributed by atoms with E-state index in [1.165, 1.54) is 28.7 Å². The zero-order valence-corrected chi connectivity index (χ0v) is 12.8. The van der Waals surface area contributed by atoms with Crippen molar-refractivity contribution in [3.8, 4) is 0 Å². The molecule has 1 amide bonds. The van der Waals surface area contributed by atoms with Crippen LogP contribution in [0.4, 0.5) is 0 Å². The quantitative estimate of drug-likeness (QED) is 0.751. The molecular weight excluding hydrogens is 258 g/mol. The van der Waals surface area contributed by atoms with E-state index in [0.717, 1.165) is 38.8 Å². The molecule has 21 heavy (non-hydrogen) atoms. The minimum Gasteiger partial charge on any atom is -0.339 e. The Hall–Kier alpha value is -1.83. The highest BCUT2D eigenvalue weighted by atomic mass is 16.2. The van der Waals surface area contributed by atoms with Crippen LogP contribution in [0.2, 0.25) is 0 Å². The molecule has 2 heteroatoms. The normalized spacial score (nSPS) is 19.0. The van der Waals surface area contributed by atoms with Gasteiger partial charge in [0.25, 0.3) is 0 Å². The van der Waals surface area contributed by atoms with Crippen LogP contribution >= 0.6 is 0 Å². The van der Waals surface area contributed by atoms with Crippen LogP contribution in [0.15, 0.2) is 42.0 Å². The number of likely N-dealkylation sites (tertiary alicyclic amines) is 1. The number of carbonyl (C=O) groups excluding carboxylic acids is 1. The predicted molar refractivity (Wildman–Crippen MR) is 86.9 cm³/mol. The van der Waals surface area contributed by atoms with Gasteiger partial charge >= 0.3 is 0 Å². The van der Waals surface area contributed by atoms with Gasteiger partial charge in [0, 0.05) is 19.2 Å². The first-order chi connectivity index (χ1) is 10.3. The Morgan fingerprint density at radius 2 is 1.86 bits per heavy atom. The molecule has 1 aliphatic heterocycles. The molecule has 0 spiro atoms. The molecule has 0 N–H and O–H groups in total. The molecule has 0 atom stereocenters. The van der Waals surface area contributed by atoms with Gasteiger partial charge in [-0.25, -0.2) is 0 Å². The van der Waals surface area contributed by atoms with E-state index in [9.17, 15) is 4.79 Å². The van der Waals surface area contributed by atoms with Crippen LogP contribution in [0.5, 0.6) is 0 Å². The molecule has 0 radical (unpaired) electrons. The summed E-state index contributed by atoms with van der Waals surface area (Å²) in [4.78, 5) is 14.2. The zero-order valence-electron chi connectivity index (χ0n) is 12.8. The highest BCUT2D eigenvalue weighted by Gasteiger charge is 2.16. The van der Waals surface area contributed by atoms with Crippen molar-refractivity contribution < 1.29 is 4.79 Å². The molecule has 0 unspecified atom stereocenters. The lowest BCUT2D eigenvalue weighted by Crippen LogP contribution is -2.34. The first kappa shape index (κ1) is 14.1. The summed E-state index contributed by atoms with van der Waals surface area (Å²) in [6, 6.07) is 8.59.